The molecule has 1 aliphatic carbocycles. The van der Waals surface area contributed by atoms with E-state index in [1.54, 1.807) is 4.90 Å². The Hall–Kier alpha value is -2.14. The van der Waals surface area contributed by atoms with Gasteiger partial charge in [0.2, 0.25) is 0 Å². The summed E-state index contributed by atoms with van der Waals surface area (Å²) in [6, 6.07) is 10.4. The van der Waals surface area contributed by atoms with Gasteiger partial charge in [-0.25, -0.2) is 0 Å². The lowest BCUT2D eigenvalue weighted by atomic mass is 10.1. The van der Waals surface area contributed by atoms with Crippen molar-refractivity contribution in [1.82, 2.24) is 15.1 Å². The summed E-state index contributed by atoms with van der Waals surface area (Å²) in [6.07, 6.45) is 11.1. The van der Waals surface area contributed by atoms with Gasteiger partial charge in [-0.1, -0.05) is 68.2 Å². The highest BCUT2D eigenvalue weighted by molar-refractivity contribution is 6.35. The number of piperazine rings is 1. The summed E-state index contributed by atoms with van der Waals surface area (Å²) < 4.78 is 0. The van der Waals surface area contributed by atoms with Crippen LogP contribution in [0.15, 0.2) is 36.4 Å². The molecule has 2 amide bonds. The molecule has 5 nitrogen and oxygen atoms in total. The smallest absolute Gasteiger partial charge is 0.311 e. The Morgan fingerprint density at radius 1 is 0.963 bits per heavy atom. The van der Waals surface area contributed by atoms with Gasteiger partial charge in [0.15, 0.2) is 0 Å². The Morgan fingerprint density at radius 2 is 1.63 bits per heavy atom. The van der Waals surface area contributed by atoms with Crippen LogP contribution in [-0.4, -0.2) is 60.4 Å². The third kappa shape index (κ3) is 6.21. The van der Waals surface area contributed by atoms with E-state index < -0.39 is 5.91 Å². The van der Waals surface area contributed by atoms with Crippen molar-refractivity contribution in [3.05, 3.63) is 42.0 Å². The summed E-state index contributed by atoms with van der Waals surface area (Å²) in [6.45, 7) is 3.72. The zero-order valence-corrected chi connectivity index (χ0v) is 16.1. The van der Waals surface area contributed by atoms with Crippen molar-refractivity contribution in [2.45, 2.75) is 44.6 Å². The van der Waals surface area contributed by atoms with Crippen molar-refractivity contribution in [1.29, 1.82) is 0 Å². The molecule has 146 valence electrons. The average molecular weight is 370 g/mol. The first-order valence-corrected chi connectivity index (χ1v) is 10.3. The van der Waals surface area contributed by atoms with E-state index in [4.69, 9.17) is 0 Å². The first kappa shape index (κ1) is 19.6. The molecule has 0 radical (unpaired) electrons. The van der Waals surface area contributed by atoms with E-state index in [2.05, 4.69) is 34.5 Å². The van der Waals surface area contributed by atoms with Crippen molar-refractivity contribution in [3.8, 4) is 0 Å². The molecule has 1 saturated heterocycles. The van der Waals surface area contributed by atoms with Crippen molar-refractivity contribution in [2.24, 2.45) is 0 Å². The van der Waals surface area contributed by atoms with Crippen LogP contribution in [0.3, 0.4) is 0 Å². The molecule has 1 heterocycles. The second-order valence-corrected chi connectivity index (χ2v) is 7.57. The third-order valence-corrected chi connectivity index (χ3v) is 5.52. The lowest BCUT2D eigenvalue weighted by Gasteiger charge is -2.34. The maximum Gasteiger partial charge on any atom is 0.311 e. The molecule has 5 heteroatoms. The number of rotatable bonds is 4. The molecule has 1 aromatic rings. The minimum atomic E-state index is -0.417. The summed E-state index contributed by atoms with van der Waals surface area (Å²) in [5.41, 5.74) is 1.20. The maximum absolute atomic E-state index is 12.4. The van der Waals surface area contributed by atoms with Crippen LogP contribution < -0.4 is 5.32 Å². The fraction of sp³-hybridized carbons (Fsp3) is 0.545. The van der Waals surface area contributed by atoms with Gasteiger partial charge in [-0.3, -0.25) is 14.5 Å². The van der Waals surface area contributed by atoms with Crippen LogP contribution in [0.5, 0.6) is 0 Å². The summed E-state index contributed by atoms with van der Waals surface area (Å²) in [5, 5.41) is 2.96. The van der Waals surface area contributed by atoms with Crippen LogP contribution in [0.25, 0.3) is 6.08 Å². The molecule has 3 rings (SSSR count). The highest BCUT2D eigenvalue weighted by Crippen LogP contribution is 2.17. The Balaban J connectivity index is 1.39. The van der Waals surface area contributed by atoms with E-state index in [0.29, 0.717) is 13.1 Å². The maximum atomic E-state index is 12.4. The number of carbonyl (C=O) groups is 2. The van der Waals surface area contributed by atoms with Crippen LogP contribution in [-0.2, 0) is 9.59 Å². The zero-order chi connectivity index (χ0) is 18.9. The fourth-order valence-electron chi connectivity index (χ4n) is 3.85. The Kier molecular flexibility index (Phi) is 7.45. The fourth-order valence-corrected chi connectivity index (χ4v) is 3.85. The molecule has 0 atom stereocenters. The highest BCUT2D eigenvalue weighted by Gasteiger charge is 2.27. The van der Waals surface area contributed by atoms with Gasteiger partial charge in [0.1, 0.15) is 0 Å². The summed E-state index contributed by atoms with van der Waals surface area (Å²) in [7, 11) is 0. The number of nitrogens with one attached hydrogen (secondary N) is 1. The number of hydrogen-bond acceptors (Lipinski definition) is 3. The van der Waals surface area contributed by atoms with Crippen LogP contribution in [0.1, 0.15) is 44.1 Å². The first-order valence-electron chi connectivity index (χ1n) is 10.3. The molecule has 27 heavy (non-hydrogen) atoms. The van der Waals surface area contributed by atoms with E-state index in [-0.39, 0.29) is 11.9 Å². The summed E-state index contributed by atoms with van der Waals surface area (Å²) >= 11 is 0. The molecule has 0 spiro atoms. The highest BCUT2D eigenvalue weighted by atomic mass is 16.2. The van der Waals surface area contributed by atoms with Crippen LogP contribution in [0, 0.1) is 0 Å². The van der Waals surface area contributed by atoms with E-state index in [1.807, 2.05) is 18.2 Å². The Morgan fingerprint density at radius 3 is 2.30 bits per heavy atom. The van der Waals surface area contributed by atoms with Crippen LogP contribution in [0.2, 0.25) is 0 Å². The van der Waals surface area contributed by atoms with Crippen molar-refractivity contribution < 1.29 is 9.59 Å². The van der Waals surface area contributed by atoms with Crippen molar-refractivity contribution in [2.75, 3.05) is 32.7 Å². The third-order valence-electron chi connectivity index (χ3n) is 5.52. The predicted octanol–water partition coefficient (Wildman–Crippen LogP) is 2.68. The molecule has 0 bridgehead atoms. The number of amides is 2. The Bertz CT molecular complexity index is 628. The molecule has 1 aliphatic heterocycles. The minimum absolute atomic E-state index is 0.174. The number of carbonyl (C=O) groups excluding carboxylic acids is 2. The van der Waals surface area contributed by atoms with E-state index in [9.17, 15) is 9.59 Å². The number of benzene rings is 1. The molecule has 0 unspecified atom stereocenters. The van der Waals surface area contributed by atoms with Gasteiger partial charge in [-0.05, 0) is 18.4 Å². The van der Waals surface area contributed by atoms with Gasteiger partial charge in [-0.2, -0.15) is 0 Å². The zero-order valence-electron chi connectivity index (χ0n) is 16.1. The lowest BCUT2D eigenvalue weighted by molar-refractivity contribution is -0.147. The van der Waals surface area contributed by atoms with Gasteiger partial charge in [-0.15, -0.1) is 0 Å². The largest absolute Gasteiger partial charge is 0.345 e. The predicted molar refractivity (Wildman–Crippen MR) is 108 cm³/mol. The second-order valence-electron chi connectivity index (χ2n) is 7.57. The lowest BCUT2D eigenvalue weighted by Crippen LogP contribution is -2.53. The van der Waals surface area contributed by atoms with Crippen molar-refractivity contribution >= 4 is 17.9 Å². The van der Waals surface area contributed by atoms with Crippen LogP contribution >= 0.6 is 0 Å². The van der Waals surface area contributed by atoms with Gasteiger partial charge in [0, 0.05) is 38.8 Å². The normalized spacial score (nSPS) is 19.8. The molecular weight excluding hydrogens is 338 g/mol. The molecule has 1 N–H and O–H groups in total. The van der Waals surface area contributed by atoms with Crippen LogP contribution in [0.4, 0.5) is 0 Å². The SMILES string of the molecule is O=C(NC1CCCCCC1)C(=O)N1CCN(C/C=C/c2ccccc2)CC1. The molecule has 0 aromatic heterocycles. The van der Waals surface area contributed by atoms with E-state index in [1.165, 1.54) is 18.4 Å². The van der Waals surface area contributed by atoms with E-state index in [0.717, 1.165) is 45.3 Å². The van der Waals surface area contributed by atoms with Gasteiger partial charge in [0.25, 0.3) is 0 Å². The molecule has 1 aromatic carbocycles. The Labute approximate surface area is 162 Å². The van der Waals surface area contributed by atoms with Gasteiger partial charge >= 0.3 is 11.8 Å². The second kappa shape index (κ2) is 10.3. The molecule has 2 aliphatic rings. The van der Waals surface area contributed by atoms with Gasteiger partial charge < -0.3 is 10.2 Å². The topological polar surface area (TPSA) is 52.7 Å². The molecule has 1 saturated carbocycles. The quantitative estimate of drug-likeness (QED) is 0.656. The number of nitrogens with zero attached hydrogens (tertiary/aromatic N) is 2. The minimum Gasteiger partial charge on any atom is -0.345 e. The summed E-state index contributed by atoms with van der Waals surface area (Å²) in [5.74, 6) is -0.780. The number of hydrogen-bond donors (Lipinski definition) is 1. The van der Waals surface area contributed by atoms with Crippen molar-refractivity contribution in [3.63, 3.8) is 0 Å². The van der Waals surface area contributed by atoms with Gasteiger partial charge in [0.05, 0.1) is 0 Å². The molecular formula is C22H31N3O2. The van der Waals surface area contributed by atoms with E-state index >= 15 is 0 Å². The standard InChI is InChI=1S/C22H31N3O2/c26-21(23-20-12-6-1-2-7-13-20)22(27)25-17-15-24(16-18-25)14-8-11-19-9-4-3-5-10-19/h3-5,8-11,20H,1-2,6-7,12-18H2,(H,23,26)/b11-8+. The molecule has 2 fully saturated rings. The monoisotopic (exact) mass is 369 g/mol. The summed E-state index contributed by atoms with van der Waals surface area (Å²) in [4.78, 5) is 28.8. The first-order chi connectivity index (χ1) is 13.2. The average Bonchev–Trinajstić information content (AvgIpc) is 2.97.